The minimum absolute atomic E-state index is 0.293. The molecule has 6 rings (SSSR count). The number of benzene rings is 1. The number of rotatable bonds is 2. The standard InChI is InChI=1S/C20H24N2O2/c1-3-11-9-22-18-8-15-13-5-4-12(24-2)6-17(13)21-20(15)19(22)7-14(11)16(18)10-23/h3-6,14,16,18-19,21,23H,7-10H2,1-2H3/b11-3-/t14?,16?,18?,19-/m0/s1. The predicted molar refractivity (Wildman–Crippen MR) is 94.2 cm³/mol. The van der Waals surface area contributed by atoms with Gasteiger partial charge < -0.3 is 14.8 Å². The Balaban J connectivity index is 1.65. The number of aromatic amines is 1. The first kappa shape index (κ1) is 14.6. The number of nitrogens with one attached hydrogen (secondary N) is 1. The number of aliphatic hydroxyl groups excluding tert-OH is 1. The lowest BCUT2D eigenvalue weighted by Crippen LogP contribution is -2.60. The fourth-order valence-electron chi connectivity index (χ4n) is 5.48. The second-order valence-corrected chi connectivity index (χ2v) is 7.44. The van der Waals surface area contributed by atoms with E-state index in [1.807, 2.05) is 0 Å². The number of aromatic nitrogens is 1. The normalized spacial score (nSPS) is 35.5. The molecule has 5 heterocycles. The summed E-state index contributed by atoms with van der Waals surface area (Å²) in [4.78, 5) is 6.32. The first-order chi connectivity index (χ1) is 11.7. The molecule has 0 aliphatic carbocycles. The maximum Gasteiger partial charge on any atom is 0.120 e. The zero-order valence-corrected chi connectivity index (χ0v) is 14.2. The Labute approximate surface area is 142 Å². The lowest BCUT2D eigenvalue weighted by Gasteiger charge is -2.58. The zero-order chi connectivity index (χ0) is 16.4. The van der Waals surface area contributed by atoms with Crippen LogP contribution in [0.15, 0.2) is 29.8 Å². The molecule has 2 N–H and O–H groups in total. The van der Waals surface area contributed by atoms with Gasteiger partial charge in [-0.3, -0.25) is 4.90 Å². The summed E-state index contributed by atoms with van der Waals surface area (Å²) >= 11 is 0. The highest BCUT2D eigenvalue weighted by Gasteiger charge is 2.52. The van der Waals surface area contributed by atoms with E-state index in [9.17, 15) is 5.11 Å². The minimum atomic E-state index is 0.293. The molecule has 1 aromatic heterocycles. The molecular formula is C20H24N2O2. The van der Waals surface area contributed by atoms with Gasteiger partial charge in [0.1, 0.15) is 5.75 Å². The van der Waals surface area contributed by atoms with Gasteiger partial charge in [0.2, 0.25) is 0 Å². The van der Waals surface area contributed by atoms with Gasteiger partial charge in [-0.05, 0) is 43.4 Å². The van der Waals surface area contributed by atoms with E-state index in [-0.39, 0.29) is 0 Å². The quantitative estimate of drug-likeness (QED) is 0.835. The summed E-state index contributed by atoms with van der Waals surface area (Å²) in [6.07, 6.45) is 4.43. The number of fused-ring (bicyclic) bond motifs is 4. The molecule has 4 heteroatoms. The van der Waals surface area contributed by atoms with E-state index >= 15 is 0 Å². The lowest BCUT2D eigenvalue weighted by atomic mass is 9.64. The summed E-state index contributed by atoms with van der Waals surface area (Å²) in [5.74, 6) is 1.81. The van der Waals surface area contributed by atoms with E-state index in [1.165, 1.54) is 27.7 Å². The number of allylic oxidation sites excluding steroid dienone is 1. The monoisotopic (exact) mass is 324 g/mol. The van der Waals surface area contributed by atoms with Gasteiger partial charge in [0.15, 0.2) is 0 Å². The van der Waals surface area contributed by atoms with Gasteiger partial charge in [-0.2, -0.15) is 0 Å². The molecule has 4 nitrogen and oxygen atoms in total. The Hall–Kier alpha value is -1.78. The fourth-order valence-corrected chi connectivity index (χ4v) is 5.48. The van der Waals surface area contributed by atoms with Gasteiger partial charge >= 0.3 is 0 Å². The van der Waals surface area contributed by atoms with Crippen molar-refractivity contribution in [2.75, 3.05) is 20.3 Å². The molecule has 0 spiro atoms. The van der Waals surface area contributed by atoms with E-state index in [0.29, 0.717) is 30.5 Å². The maximum atomic E-state index is 10.0. The van der Waals surface area contributed by atoms with Crippen molar-refractivity contribution in [2.45, 2.75) is 31.8 Å². The highest BCUT2D eigenvalue weighted by atomic mass is 16.5. The molecule has 1 aromatic carbocycles. The van der Waals surface area contributed by atoms with Gasteiger partial charge in [0, 0.05) is 47.8 Å². The molecule has 0 radical (unpaired) electrons. The van der Waals surface area contributed by atoms with Crippen LogP contribution in [0.5, 0.6) is 5.75 Å². The van der Waals surface area contributed by atoms with Crippen LogP contribution < -0.4 is 4.74 Å². The van der Waals surface area contributed by atoms with Crippen molar-refractivity contribution in [3.63, 3.8) is 0 Å². The third kappa shape index (κ3) is 1.76. The summed E-state index contributed by atoms with van der Waals surface area (Å²) in [5.41, 5.74) is 5.55. The van der Waals surface area contributed by atoms with Crippen LogP contribution in [-0.4, -0.2) is 41.3 Å². The molecule has 126 valence electrons. The zero-order valence-electron chi connectivity index (χ0n) is 14.2. The highest BCUT2D eigenvalue weighted by molar-refractivity contribution is 5.86. The molecule has 2 aromatic rings. The summed E-state index contributed by atoms with van der Waals surface area (Å²) in [6, 6.07) is 7.27. The molecule has 24 heavy (non-hydrogen) atoms. The molecule has 4 aliphatic heterocycles. The molecule has 0 amide bonds. The number of aliphatic hydroxyl groups is 1. The second kappa shape index (κ2) is 5.11. The van der Waals surface area contributed by atoms with E-state index in [2.05, 4.69) is 41.1 Å². The lowest BCUT2D eigenvalue weighted by molar-refractivity contribution is -0.0503. The van der Waals surface area contributed by atoms with E-state index in [1.54, 1.807) is 7.11 Å². The summed E-state index contributed by atoms with van der Waals surface area (Å²) in [7, 11) is 1.71. The molecule has 5 atom stereocenters. The third-order valence-corrected chi connectivity index (χ3v) is 6.63. The molecule has 4 unspecified atom stereocenters. The molecule has 4 aliphatic rings. The maximum absolute atomic E-state index is 10.0. The third-order valence-electron chi connectivity index (χ3n) is 6.63. The van der Waals surface area contributed by atoms with Gasteiger partial charge in [0.05, 0.1) is 13.2 Å². The van der Waals surface area contributed by atoms with Crippen LogP contribution in [0.3, 0.4) is 0 Å². The van der Waals surface area contributed by atoms with Crippen molar-refractivity contribution in [3.05, 3.63) is 41.1 Å². The van der Waals surface area contributed by atoms with Gasteiger partial charge in [-0.1, -0.05) is 11.6 Å². The van der Waals surface area contributed by atoms with Gasteiger partial charge in [0.25, 0.3) is 0 Å². The summed E-state index contributed by atoms with van der Waals surface area (Å²) in [6.45, 7) is 3.49. The van der Waals surface area contributed by atoms with Crippen LogP contribution in [0.25, 0.3) is 10.9 Å². The van der Waals surface area contributed by atoms with E-state index in [4.69, 9.17) is 4.74 Å². The number of ether oxygens (including phenoxy) is 1. The van der Waals surface area contributed by atoms with Crippen LogP contribution in [0.4, 0.5) is 0 Å². The Bertz CT molecular complexity index is 838. The molecule has 0 saturated carbocycles. The molecular weight excluding hydrogens is 300 g/mol. The number of H-pyrrole nitrogens is 1. The largest absolute Gasteiger partial charge is 0.497 e. The Kier molecular flexibility index (Phi) is 3.10. The Morgan fingerprint density at radius 2 is 2.29 bits per heavy atom. The first-order valence-corrected chi connectivity index (χ1v) is 8.95. The van der Waals surface area contributed by atoms with Crippen molar-refractivity contribution in [1.82, 2.24) is 9.88 Å². The van der Waals surface area contributed by atoms with Crippen LogP contribution in [0, 0.1) is 11.8 Å². The SMILES string of the molecule is C/C=C1/CN2C3Cc4c([nH]c5cc(OC)ccc45)[C@@H]2CC1C3CO. The van der Waals surface area contributed by atoms with E-state index < -0.39 is 0 Å². The Morgan fingerprint density at radius 1 is 1.42 bits per heavy atom. The van der Waals surface area contributed by atoms with Crippen molar-refractivity contribution >= 4 is 10.9 Å². The van der Waals surface area contributed by atoms with Crippen LogP contribution in [-0.2, 0) is 6.42 Å². The average molecular weight is 324 g/mol. The molecule has 3 fully saturated rings. The molecule has 3 saturated heterocycles. The summed E-state index contributed by atoms with van der Waals surface area (Å²) < 4.78 is 5.38. The van der Waals surface area contributed by atoms with Crippen LogP contribution >= 0.6 is 0 Å². The number of hydrogen-bond acceptors (Lipinski definition) is 3. The smallest absolute Gasteiger partial charge is 0.120 e. The van der Waals surface area contributed by atoms with Crippen molar-refractivity contribution in [1.29, 1.82) is 0 Å². The fraction of sp³-hybridized carbons (Fsp3) is 0.500. The summed E-state index contributed by atoms with van der Waals surface area (Å²) in [5, 5.41) is 11.4. The Morgan fingerprint density at radius 3 is 3.04 bits per heavy atom. The van der Waals surface area contributed by atoms with Crippen LogP contribution in [0.1, 0.15) is 30.6 Å². The number of piperidine rings is 3. The number of methoxy groups -OCH3 is 1. The number of hydrogen-bond donors (Lipinski definition) is 2. The predicted octanol–water partition coefficient (Wildman–Crippen LogP) is 3.03. The van der Waals surface area contributed by atoms with Gasteiger partial charge in [-0.15, -0.1) is 0 Å². The first-order valence-electron chi connectivity index (χ1n) is 8.95. The highest BCUT2D eigenvalue weighted by Crippen LogP contribution is 2.54. The van der Waals surface area contributed by atoms with Crippen molar-refractivity contribution in [3.8, 4) is 5.75 Å². The van der Waals surface area contributed by atoms with Crippen molar-refractivity contribution in [2.24, 2.45) is 11.8 Å². The second-order valence-electron chi connectivity index (χ2n) is 7.44. The van der Waals surface area contributed by atoms with E-state index in [0.717, 1.165) is 25.1 Å². The van der Waals surface area contributed by atoms with Gasteiger partial charge in [-0.25, -0.2) is 0 Å². The van der Waals surface area contributed by atoms with Crippen LogP contribution in [0.2, 0.25) is 0 Å². The minimum Gasteiger partial charge on any atom is -0.497 e. The number of nitrogens with zero attached hydrogens (tertiary/aromatic N) is 1. The topological polar surface area (TPSA) is 48.5 Å². The molecule has 4 bridgehead atoms. The van der Waals surface area contributed by atoms with Crippen molar-refractivity contribution < 1.29 is 9.84 Å². The average Bonchev–Trinajstić information content (AvgIpc) is 2.99.